The lowest BCUT2D eigenvalue weighted by Crippen LogP contribution is -2.26. The van der Waals surface area contributed by atoms with Gasteiger partial charge in [0.2, 0.25) is 0 Å². The van der Waals surface area contributed by atoms with Gasteiger partial charge in [0.05, 0.1) is 20.8 Å². The average molecular weight is 392 g/mol. The summed E-state index contributed by atoms with van der Waals surface area (Å²) in [5.41, 5.74) is 4.94. The van der Waals surface area contributed by atoms with Crippen LogP contribution < -0.4 is 9.47 Å². The van der Waals surface area contributed by atoms with Gasteiger partial charge in [0.25, 0.3) is 0 Å². The second-order valence-corrected chi connectivity index (χ2v) is 7.83. The Morgan fingerprint density at radius 1 is 0.931 bits per heavy atom. The van der Waals surface area contributed by atoms with E-state index in [2.05, 4.69) is 54.3 Å². The molecule has 3 aromatic carbocycles. The first-order valence-corrected chi connectivity index (χ1v) is 10.2. The van der Waals surface area contributed by atoms with Crippen molar-refractivity contribution in [2.45, 2.75) is 39.0 Å². The second kappa shape index (κ2) is 8.44. The molecule has 1 aliphatic rings. The van der Waals surface area contributed by atoms with Crippen LogP contribution in [-0.2, 0) is 19.6 Å². The van der Waals surface area contributed by atoms with Crippen LogP contribution in [0.3, 0.4) is 0 Å². The maximum Gasteiger partial charge on any atom is 0.161 e. The number of ether oxygens (including phenoxy) is 2. The van der Waals surface area contributed by atoms with E-state index in [0.29, 0.717) is 6.04 Å². The number of rotatable bonds is 5. The highest BCUT2D eigenvalue weighted by atomic mass is 16.5. The van der Waals surface area contributed by atoms with Crippen molar-refractivity contribution < 1.29 is 14.6 Å². The second-order valence-electron chi connectivity index (χ2n) is 7.83. The Bertz CT molecular complexity index is 1010. The summed E-state index contributed by atoms with van der Waals surface area (Å²) in [5, 5.41) is 11.7. The summed E-state index contributed by atoms with van der Waals surface area (Å²) < 4.78 is 11.1. The van der Waals surface area contributed by atoms with Crippen LogP contribution in [-0.4, -0.2) is 30.8 Å². The molecule has 0 bridgehead atoms. The minimum absolute atomic E-state index is 0.0800. The van der Waals surface area contributed by atoms with E-state index in [1.165, 1.54) is 27.5 Å². The van der Waals surface area contributed by atoms with Gasteiger partial charge in [0, 0.05) is 12.6 Å². The lowest BCUT2D eigenvalue weighted by Gasteiger charge is -2.28. The van der Waals surface area contributed by atoms with Gasteiger partial charge in [-0.15, -0.1) is 0 Å². The molecule has 0 aliphatic carbocycles. The largest absolute Gasteiger partial charge is 0.493 e. The van der Waals surface area contributed by atoms with E-state index < -0.39 is 0 Å². The van der Waals surface area contributed by atoms with Gasteiger partial charge >= 0.3 is 0 Å². The molecule has 3 aromatic rings. The molecule has 152 valence electrons. The van der Waals surface area contributed by atoms with Crippen molar-refractivity contribution >= 4 is 10.8 Å². The summed E-state index contributed by atoms with van der Waals surface area (Å²) in [6.45, 7) is 4.33. The predicted octanol–water partition coefficient (Wildman–Crippen LogP) is 4.86. The van der Waals surface area contributed by atoms with Gasteiger partial charge in [0.15, 0.2) is 11.5 Å². The van der Waals surface area contributed by atoms with Gasteiger partial charge in [-0.2, -0.15) is 0 Å². The molecule has 0 radical (unpaired) electrons. The Balaban J connectivity index is 1.61. The Labute approximate surface area is 172 Å². The zero-order valence-electron chi connectivity index (χ0n) is 17.4. The van der Waals surface area contributed by atoms with E-state index in [1.54, 1.807) is 14.2 Å². The summed E-state index contributed by atoms with van der Waals surface area (Å²) in [6, 6.07) is 17.4. The lowest BCUT2D eigenvalue weighted by molar-refractivity contribution is 0.205. The Morgan fingerprint density at radius 3 is 2.28 bits per heavy atom. The molecule has 1 aliphatic heterocycles. The zero-order valence-corrected chi connectivity index (χ0v) is 17.4. The van der Waals surface area contributed by atoms with Crippen LogP contribution >= 0.6 is 0 Å². The van der Waals surface area contributed by atoms with Crippen LogP contribution in [0.1, 0.15) is 41.6 Å². The fourth-order valence-electron chi connectivity index (χ4n) is 4.40. The topological polar surface area (TPSA) is 41.9 Å². The van der Waals surface area contributed by atoms with Crippen molar-refractivity contribution in [3.05, 3.63) is 70.8 Å². The van der Waals surface area contributed by atoms with Gasteiger partial charge in [0.1, 0.15) is 0 Å². The van der Waals surface area contributed by atoms with E-state index in [1.807, 2.05) is 6.07 Å². The quantitative estimate of drug-likeness (QED) is 0.674. The number of hydrogen-bond donors (Lipinski definition) is 1. The monoisotopic (exact) mass is 391 g/mol. The van der Waals surface area contributed by atoms with Crippen LogP contribution in [0.15, 0.2) is 48.5 Å². The van der Waals surface area contributed by atoms with Crippen LogP contribution in [0.5, 0.6) is 11.5 Å². The highest BCUT2D eigenvalue weighted by Gasteiger charge is 2.24. The smallest absolute Gasteiger partial charge is 0.161 e. The van der Waals surface area contributed by atoms with E-state index in [-0.39, 0.29) is 6.61 Å². The molecule has 0 saturated carbocycles. The average Bonchev–Trinajstić information content (AvgIpc) is 2.90. The number of benzene rings is 3. The third kappa shape index (κ3) is 3.96. The molecule has 0 aromatic heterocycles. The fourth-order valence-corrected chi connectivity index (χ4v) is 4.40. The third-order valence-electron chi connectivity index (χ3n) is 6.07. The van der Waals surface area contributed by atoms with Crippen LogP contribution in [0.4, 0.5) is 0 Å². The van der Waals surface area contributed by atoms with Crippen molar-refractivity contribution in [2.24, 2.45) is 0 Å². The molecule has 4 nitrogen and oxygen atoms in total. The van der Waals surface area contributed by atoms with Crippen molar-refractivity contribution in [1.82, 2.24) is 4.90 Å². The summed E-state index contributed by atoms with van der Waals surface area (Å²) in [7, 11) is 3.39. The van der Waals surface area contributed by atoms with Crippen LogP contribution in [0.2, 0.25) is 0 Å². The highest BCUT2D eigenvalue weighted by Crippen LogP contribution is 2.38. The molecule has 0 spiro atoms. The van der Waals surface area contributed by atoms with Gasteiger partial charge in [-0.3, -0.25) is 4.90 Å². The molecule has 1 N–H and O–H groups in total. The lowest BCUT2D eigenvalue weighted by atomic mass is 9.98. The van der Waals surface area contributed by atoms with Gasteiger partial charge in [-0.25, -0.2) is 0 Å². The van der Waals surface area contributed by atoms with E-state index in [9.17, 15) is 5.11 Å². The van der Waals surface area contributed by atoms with Crippen molar-refractivity contribution in [3.8, 4) is 11.5 Å². The standard InChI is InChI=1S/C25H29NO3/c1-17-23-14-25(29-3)24(28-2)13-22(23)5-4-10-26(17)15-18-6-8-21-12-19(16-27)7-9-20(21)11-18/h6-9,11-14,17,27H,4-5,10,15-16H2,1-3H3. The van der Waals surface area contributed by atoms with E-state index in [0.717, 1.165) is 43.0 Å². The summed E-state index contributed by atoms with van der Waals surface area (Å²) >= 11 is 0. The Hall–Kier alpha value is -2.56. The Kier molecular flexibility index (Phi) is 5.74. The molecule has 4 heteroatoms. The zero-order chi connectivity index (χ0) is 20.4. The first-order valence-electron chi connectivity index (χ1n) is 10.2. The molecule has 0 amide bonds. The normalized spacial score (nSPS) is 17.0. The number of hydrogen-bond acceptors (Lipinski definition) is 4. The number of fused-ring (bicyclic) bond motifs is 2. The summed E-state index contributed by atoms with van der Waals surface area (Å²) in [4.78, 5) is 2.54. The number of aliphatic hydroxyl groups is 1. The van der Waals surface area contributed by atoms with Crippen molar-refractivity contribution in [2.75, 3.05) is 20.8 Å². The predicted molar refractivity (Wildman–Crippen MR) is 117 cm³/mol. The third-order valence-corrected chi connectivity index (χ3v) is 6.07. The molecule has 0 saturated heterocycles. The van der Waals surface area contributed by atoms with Gasteiger partial charge < -0.3 is 14.6 Å². The highest BCUT2D eigenvalue weighted by molar-refractivity contribution is 5.83. The first kappa shape index (κ1) is 19.7. The van der Waals surface area contributed by atoms with Gasteiger partial charge in [-0.05, 0) is 83.6 Å². The molecular weight excluding hydrogens is 362 g/mol. The molecule has 1 atom stereocenters. The van der Waals surface area contributed by atoms with E-state index >= 15 is 0 Å². The SMILES string of the molecule is COc1cc2c(cc1OC)C(C)N(Cc1ccc3cc(CO)ccc3c1)CCC2. The molecule has 0 fully saturated rings. The van der Waals surface area contributed by atoms with Crippen LogP contribution in [0.25, 0.3) is 10.8 Å². The van der Waals surface area contributed by atoms with E-state index in [4.69, 9.17) is 9.47 Å². The first-order chi connectivity index (χ1) is 14.1. The minimum atomic E-state index is 0.0800. The number of aliphatic hydroxyl groups excluding tert-OH is 1. The summed E-state index contributed by atoms with van der Waals surface area (Å²) in [5.74, 6) is 1.61. The number of methoxy groups -OCH3 is 2. The molecule has 1 unspecified atom stereocenters. The molecule has 4 rings (SSSR count). The fraction of sp³-hybridized carbons (Fsp3) is 0.360. The van der Waals surface area contributed by atoms with Crippen molar-refractivity contribution in [1.29, 1.82) is 0 Å². The summed E-state index contributed by atoms with van der Waals surface area (Å²) in [6.07, 6.45) is 2.18. The van der Waals surface area contributed by atoms with Gasteiger partial charge in [-0.1, -0.05) is 24.3 Å². The minimum Gasteiger partial charge on any atom is -0.493 e. The molecule has 29 heavy (non-hydrogen) atoms. The van der Waals surface area contributed by atoms with Crippen LogP contribution in [0, 0.1) is 0 Å². The number of nitrogens with zero attached hydrogens (tertiary/aromatic N) is 1. The Morgan fingerprint density at radius 2 is 1.59 bits per heavy atom. The van der Waals surface area contributed by atoms with Crippen molar-refractivity contribution in [3.63, 3.8) is 0 Å². The maximum atomic E-state index is 9.35. The maximum absolute atomic E-state index is 9.35. The molecule has 1 heterocycles. The molecular formula is C25H29NO3. The number of aryl methyl sites for hydroxylation is 1.